The van der Waals surface area contributed by atoms with Crippen molar-refractivity contribution in [3.8, 4) is 5.95 Å². The molecule has 36 heavy (non-hydrogen) atoms. The van der Waals surface area contributed by atoms with E-state index in [0.717, 1.165) is 25.7 Å². The summed E-state index contributed by atoms with van der Waals surface area (Å²) in [5.41, 5.74) is 1.50. The lowest BCUT2D eigenvalue weighted by atomic mass is 10.1. The number of fused-ring (bicyclic) bond motifs is 1. The van der Waals surface area contributed by atoms with E-state index in [1.807, 2.05) is 0 Å². The van der Waals surface area contributed by atoms with Crippen molar-refractivity contribution in [2.45, 2.75) is 63.2 Å². The van der Waals surface area contributed by atoms with Crippen LogP contribution in [0.25, 0.3) is 23.2 Å². The molecule has 1 saturated heterocycles. The maximum atomic E-state index is 11.6. The zero-order chi connectivity index (χ0) is 25.2. The third kappa shape index (κ3) is 4.69. The number of imidazole rings is 1. The van der Waals surface area contributed by atoms with Gasteiger partial charge in [0.1, 0.15) is 18.3 Å². The van der Waals surface area contributed by atoms with Crippen LogP contribution in [0.4, 0.5) is 5.82 Å². The van der Waals surface area contributed by atoms with E-state index in [4.69, 9.17) is 9.47 Å². The molecule has 3 aromatic heterocycles. The molecule has 0 radical (unpaired) electrons. The van der Waals surface area contributed by atoms with E-state index >= 15 is 0 Å². The Bertz CT molecular complexity index is 1250. The number of carbonyl (C=O) groups excluding carboxylic acids is 1. The third-order valence-electron chi connectivity index (χ3n) is 6.40. The van der Waals surface area contributed by atoms with Gasteiger partial charge in [0.15, 0.2) is 23.2 Å². The first-order valence-corrected chi connectivity index (χ1v) is 12.0. The highest BCUT2D eigenvalue weighted by atomic mass is 16.6. The lowest BCUT2D eigenvalue weighted by Crippen LogP contribution is -2.33. The summed E-state index contributed by atoms with van der Waals surface area (Å²) in [5, 5.41) is 38.1. The van der Waals surface area contributed by atoms with Crippen LogP contribution in [-0.2, 0) is 14.3 Å². The molecule has 192 valence electrons. The van der Waals surface area contributed by atoms with Crippen molar-refractivity contribution in [1.29, 1.82) is 0 Å². The molecule has 3 aromatic rings. The maximum Gasteiger partial charge on any atom is 0.330 e. The topological polar surface area (TPSA) is 170 Å². The predicted octanol–water partition coefficient (Wildman–Crippen LogP) is 0.554. The van der Waals surface area contributed by atoms with Crippen LogP contribution in [0.1, 0.15) is 44.4 Å². The van der Waals surface area contributed by atoms with Gasteiger partial charge in [-0.2, -0.15) is 15.1 Å². The van der Waals surface area contributed by atoms with Crippen LogP contribution in [-0.4, -0.2) is 88.2 Å². The van der Waals surface area contributed by atoms with Crippen molar-refractivity contribution in [2.75, 3.05) is 18.5 Å². The summed E-state index contributed by atoms with van der Waals surface area (Å²) in [4.78, 5) is 25.4. The molecule has 0 unspecified atom stereocenters. The Morgan fingerprint density at radius 1 is 1.28 bits per heavy atom. The molecule has 4 atom stereocenters. The standard InChI is InChI=1S/C23H29N7O6/c1-2-35-16(32)8-7-13-9-25-30(10-13)23-27-20(26-14-5-3-4-6-14)17-21(28-23)29(12-24-17)22-19(34)18(33)15(11-31)36-22/h7-10,12,14-15,18-19,22,31,33-34H,2-6,11H2,1H3,(H,26,27,28)/t15-,18-,19-,22-/m1/s1. The summed E-state index contributed by atoms with van der Waals surface area (Å²) in [5.74, 6) is 0.312. The highest BCUT2D eigenvalue weighted by Crippen LogP contribution is 2.33. The highest BCUT2D eigenvalue weighted by Gasteiger charge is 2.44. The number of aromatic nitrogens is 6. The fourth-order valence-electron chi connectivity index (χ4n) is 4.55. The summed E-state index contributed by atoms with van der Waals surface area (Å²) in [6, 6.07) is 0.246. The Morgan fingerprint density at radius 3 is 2.81 bits per heavy atom. The van der Waals surface area contributed by atoms with Crippen molar-refractivity contribution in [3.63, 3.8) is 0 Å². The molecular formula is C23H29N7O6. The van der Waals surface area contributed by atoms with Crippen LogP contribution >= 0.6 is 0 Å². The average Bonchev–Trinajstić information content (AvgIpc) is 3.67. The lowest BCUT2D eigenvalue weighted by molar-refractivity contribution is -0.137. The molecule has 1 aliphatic carbocycles. The van der Waals surface area contributed by atoms with E-state index in [1.165, 1.54) is 21.7 Å². The molecule has 1 aliphatic heterocycles. The number of nitrogens with zero attached hydrogens (tertiary/aromatic N) is 6. The van der Waals surface area contributed by atoms with Crippen molar-refractivity contribution >= 4 is 29.0 Å². The van der Waals surface area contributed by atoms with E-state index in [9.17, 15) is 20.1 Å². The summed E-state index contributed by atoms with van der Waals surface area (Å²) >= 11 is 0. The molecule has 2 aliphatic rings. The van der Waals surface area contributed by atoms with Gasteiger partial charge >= 0.3 is 5.97 Å². The number of hydrogen-bond donors (Lipinski definition) is 4. The number of aliphatic hydroxyl groups is 3. The number of nitrogens with one attached hydrogen (secondary N) is 1. The van der Waals surface area contributed by atoms with Gasteiger partial charge < -0.3 is 30.1 Å². The Morgan fingerprint density at radius 2 is 2.08 bits per heavy atom. The first kappa shape index (κ1) is 24.3. The number of hydrogen-bond acceptors (Lipinski definition) is 11. The normalized spacial score (nSPS) is 24.8. The van der Waals surface area contributed by atoms with Gasteiger partial charge in [-0.1, -0.05) is 12.8 Å². The quantitative estimate of drug-likeness (QED) is 0.252. The minimum Gasteiger partial charge on any atom is -0.463 e. The van der Waals surface area contributed by atoms with Gasteiger partial charge in [-0.05, 0) is 25.8 Å². The molecule has 2 fully saturated rings. The molecule has 4 N–H and O–H groups in total. The van der Waals surface area contributed by atoms with Crippen LogP contribution < -0.4 is 5.32 Å². The molecule has 0 amide bonds. The van der Waals surface area contributed by atoms with Gasteiger partial charge in [-0.25, -0.2) is 14.5 Å². The average molecular weight is 500 g/mol. The van der Waals surface area contributed by atoms with Gasteiger partial charge in [-0.15, -0.1) is 0 Å². The Balaban J connectivity index is 1.53. The Kier molecular flexibility index (Phi) is 6.96. The smallest absolute Gasteiger partial charge is 0.330 e. The molecular weight excluding hydrogens is 470 g/mol. The van der Waals surface area contributed by atoms with Gasteiger partial charge in [0.05, 0.1) is 25.7 Å². The second-order valence-corrected chi connectivity index (χ2v) is 8.85. The highest BCUT2D eigenvalue weighted by molar-refractivity contribution is 5.87. The van der Waals surface area contributed by atoms with Crippen molar-refractivity contribution < 1.29 is 29.6 Å². The Hall–Kier alpha value is -3.39. The van der Waals surface area contributed by atoms with Gasteiger partial charge in [0.2, 0.25) is 0 Å². The number of carbonyl (C=O) groups is 1. The zero-order valence-corrected chi connectivity index (χ0v) is 19.8. The largest absolute Gasteiger partial charge is 0.463 e. The van der Waals surface area contributed by atoms with E-state index in [-0.39, 0.29) is 18.6 Å². The fraction of sp³-hybridized carbons (Fsp3) is 0.522. The van der Waals surface area contributed by atoms with Crippen LogP contribution in [0, 0.1) is 0 Å². The van der Waals surface area contributed by atoms with Gasteiger partial charge in [0, 0.05) is 23.9 Å². The van der Waals surface area contributed by atoms with Crippen molar-refractivity contribution in [2.24, 2.45) is 0 Å². The number of ether oxygens (including phenoxy) is 2. The maximum absolute atomic E-state index is 11.6. The van der Waals surface area contributed by atoms with Gasteiger partial charge in [0.25, 0.3) is 5.95 Å². The molecule has 4 heterocycles. The molecule has 13 heteroatoms. The SMILES string of the molecule is CCOC(=O)C=Cc1cnn(-c2nc(NC3CCCC3)c3ncn([C@@H]4O[C@H](CO)[C@@H](O)[C@H]4O)c3n2)c1. The zero-order valence-electron chi connectivity index (χ0n) is 19.8. The molecule has 0 spiro atoms. The number of rotatable bonds is 8. The van der Waals surface area contributed by atoms with Crippen molar-refractivity contribution in [1.82, 2.24) is 29.3 Å². The molecule has 1 saturated carbocycles. The van der Waals surface area contributed by atoms with E-state index in [0.29, 0.717) is 22.5 Å². The van der Waals surface area contributed by atoms with Crippen LogP contribution in [0.5, 0.6) is 0 Å². The first-order valence-electron chi connectivity index (χ1n) is 12.0. The summed E-state index contributed by atoms with van der Waals surface area (Å²) in [6.45, 7) is 1.58. The second-order valence-electron chi connectivity index (χ2n) is 8.85. The van der Waals surface area contributed by atoms with E-state index < -0.39 is 37.1 Å². The monoisotopic (exact) mass is 499 g/mol. The summed E-state index contributed by atoms with van der Waals surface area (Å²) in [7, 11) is 0. The number of esters is 1. The molecule has 0 bridgehead atoms. The van der Waals surface area contributed by atoms with E-state index in [1.54, 1.807) is 25.4 Å². The molecule has 0 aromatic carbocycles. The fourth-order valence-corrected chi connectivity index (χ4v) is 4.55. The molecule has 13 nitrogen and oxygen atoms in total. The first-order chi connectivity index (χ1) is 17.5. The van der Waals surface area contributed by atoms with Crippen LogP contribution in [0.2, 0.25) is 0 Å². The number of anilines is 1. The second kappa shape index (κ2) is 10.3. The van der Waals surface area contributed by atoms with E-state index in [2.05, 4.69) is 25.4 Å². The summed E-state index contributed by atoms with van der Waals surface area (Å²) < 4.78 is 13.6. The van der Waals surface area contributed by atoms with Gasteiger partial charge in [-0.3, -0.25) is 4.57 Å². The minimum absolute atomic E-state index is 0.243. The minimum atomic E-state index is -1.28. The predicted molar refractivity (Wildman–Crippen MR) is 127 cm³/mol. The Labute approximate surface area is 206 Å². The molecule has 5 rings (SSSR count). The van der Waals surface area contributed by atoms with Crippen LogP contribution in [0.3, 0.4) is 0 Å². The summed E-state index contributed by atoms with van der Waals surface area (Å²) in [6.07, 6.45) is 7.44. The third-order valence-corrected chi connectivity index (χ3v) is 6.40. The van der Waals surface area contributed by atoms with Crippen LogP contribution in [0.15, 0.2) is 24.8 Å². The number of aliphatic hydroxyl groups excluding tert-OH is 3. The van der Waals surface area contributed by atoms with Crippen molar-refractivity contribution in [3.05, 3.63) is 30.4 Å². The lowest BCUT2D eigenvalue weighted by Gasteiger charge is -2.18.